The molecule has 2 fully saturated rings. The summed E-state index contributed by atoms with van der Waals surface area (Å²) in [6, 6.07) is 0. The van der Waals surface area contributed by atoms with Crippen molar-refractivity contribution in [1.82, 2.24) is 19.6 Å². The van der Waals surface area contributed by atoms with Gasteiger partial charge in [-0.05, 0) is 0 Å². The summed E-state index contributed by atoms with van der Waals surface area (Å²) in [4.78, 5) is 9.92. The van der Waals surface area contributed by atoms with Gasteiger partial charge in [0.05, 0.1) is 13.2 Å². The predicted molar refractivity (Wildman–Crippen MR) is 97.0 cm³/mol. The van der Waals surface area contributed by atoms with E-state index in [1.165, 1.54) is 0 Å². The minimum Gasteiger partial charge on any atom is -0.379 e. The van der Waals surface area contributed by atoms with Crippen molar-refractivity contribution in [2.75, 3.05) is 91.8 Å². The summed E-state index contributed by atoms with van der Waals surface area (Å²) >= 11 is 0. The van der Waals surface area contributed by atoms with Gasteiger partial charge in [0.15, 0.2) is 0 Å². The fourth-order valence-corrected chi connectivity index (χ4v) is 3.25. The van der Waals surface area contributed by atoms with Crippen LogP contribution in [-0.2, 0) is 4.74 Å². The number of hydrogen-bond acceptors (Lipinski definition) is 5. The maximum absolute atomic E-state index is 5.84. The Morgan fingerprint density at radius 3 is 1.30 bits per heavy atom. The monoisotopic (exact) mass is 322 g/mol. The van der Waals surface area contributed by atoms with E-state index in [0.29, 0.717) is 0 Å². The summed E-state index contributed by atoms with van der Waals surface area (Å²) in [6.07, 6.45) is 3.99. The van der Waals surface area contributed by atoms with E-state index in [0.717, 1.165) is 91.8 Å². The Morgan fingerprint density at radius 2 is 0.957 bits per heavy atom. The molecule has 5 heteroatoms. The Labute approximate surface area is 142 Å². The van der Waals surface area contributed by atoms with Gasteiger partial charge in [-0.15, -0.1) is 13.2 Å². The lowest BCUT2D eigenvalue weighted by molar-refractivity contribution is 0.0556. The van der Waals surface area contributed by atoms with Crippen LogP contribution in [0, 0.1) is 0 Å². The molecule has 5 nitrogen and oxygen atoms in total. The van der Waals surface area contributed by atoms with Crippen LogP contribution in [0.2, 0.25) is 0 Å². The Morgan fingerprint density at radius 1 is 0.609 bits per heavy atom. The molecular weight excluding hydrogens is 288 g/mol. The van der Waals surface area contributed by atoms with E-state index >= 15 is 0 Å². The van der Waals surface area contributed by atoms with Crippen molar-refractivity contribution in [2.24, 2.45) is 0 Å². The summed E-state index contributed by atoms with van der Waals surface area (Å²) in [5.74, 6) is 0. The van der Waals surface area contributed by atoms with Gasteiger partial charge in [-0.2, -0.15) is 0 Å². The van der Waals surface area contributed by atoms with Gasteiger partial charge in [-0.1, -0.05) is 12.2 Å². The lowest BCUT2D eigenvalue weighted by atomic mass is 10.3. The highest BCUT2D eigenvalue weighted by molar-refractivity contribution is 4.79. The van der Waals surface area contributed by atoms with Gasteiger partial charge in [0.1, 0.15) is 0 Å². The van der Waals surface area contributed by atoms with Crippen molar-refractivity contribution < 1.29 is 4.74 Å². The van der Waals surface area contributed by atoms with Gasteiger partial charge in [0.2, 0.25) is 0 Å². The highest BCUT2D eigenvalue weighted by atomic mass is 16.5. The highest BCUT2D eigenvalue weighted by Gasteiger charge is 2.16. The van der Waals surface area contributed by atoms with E-state index in [1.807, 2.05) is 12.2 Å². The molecular formula is C18H34N4O. The van der Waals surface area contributed by atoms with Gasteiger partial charge in [-0.25, -0.2) is 0 Å². The Bertz CT molecular complexity index is 302. The first-order chi connectivity index (χ1) is 11.3. The fourth-order valence-electron chi connectivity index (χ4n) is 3.25. The molecule has 2 heterocycles. The van der Waals surface area contributed by atoms with Crippen molar-refractivity contribution >= 4 is 0 Å². The molecule has 0 aromatic heterocycles. The molecule has 0 spiro atoms. The Hall–Kier alpha value is -0.720. The summed E-state index contributed by atoms with van der Waals surface area (Å²) < 4.78 is 5.84. The smallest absolute Gasteiger partial charge is 0.0594 e. The number of hydrogen-bond donors (Lipinski definition) is 0. The largest absolute Gasteiger partial charge is 0.379 e. The molecule has 0 bridgehead atoms. The molecule has 2 aliphatic heterocycles. The molecule has 2 rings (SSSR count). The van der Waals surface area contributed by atoms with E-state index in [2.05, 4.69) is 32.8 Å². The van der Waals surface area contributed by atoms with Crippen LogP contribution in [0.3, 0.4) is 0 Å². The van der Waals surface area contributed by atoms with Gasteiger partial charge < -0.3 is 4.74 Å². The lowest BCUT2D eigenvalue weighted by Crippen LogP contribution is -2.48. The highest BCUT2D eigenvalue weighted by Crippen LogP contribution is 2.02. The van der Waals surface area contributed by atoms with Crippen LogP contribution in [0.25, 0.3) is 0 Å². The second-order valence-corrected chi connectivity index (χ2v) is 6.47. The van der Waals surface area contributed by atoms with Crippen LogP contribution >= 0.6 is 0 Å². The van der Waals surface area contributed by atoms with Crippen LogP contribution < -0.4 is 0 Å². The maximum atomic E-state index is 5.84. The van der Waals surface area contributed by atoms with Crippen LogP contribution in [0.15, 0.2) is 25.3 Å². The average molecular weight is 322 g/mol. The minimum absolute atomic E-state index is 0.859. The molecule has 0 amide bonds. The van der Waals surface area contributed by atoms with Gasteiger partial charge in [0, 0.05) is 78.5 Å². The standard InChI is InChI=1S/C18H34N4O/c1-3-5-19-7-11-21(12-8-19)15-17-23-18-16-22-13-9-20(6-4-2)10-14-22/h3-4H,1-2,5-18H2. The number of rotatable bonds is 10. The molecule has 2 aliphatic rings. The molecule has 0 aromatic carbocycles. The topological polar surface area (TPSA) is 22.2 Å². The van der Waals surface area contributed by atoms with E-state index in [9.17, 15) is 0 Å². The quantitative estimate of drug-likeness (QED) is 0.433. The zero-order chi connectivity index (χ0) is 16.3. The van der Waals surface area contributed by atoms with Crippen molar-refractivity contribution in [2.45, 2.75) is 0 Å². The van der Waals surface area contributed by atoms with Gasteiger partial charge in [0.25, 0.3) is 0 Å². The summed E-state index contributed by atoms with van der Waals surface area (Å²) in [7, 11) is 0. The lowest BCUT2D eigenvalue weighted by Gasteiger charge is -2.34. The van der Waals surface area contributed by atoms with E-state index in [4.69, 9.17) is 4.74 Å². The SMILES string of the molecule is C=CCN1CCN(CCOCCN2CCN(CC=C)CC2)CC1. The number of ether oxygens (including phenoxy) is 1. The normalized spacial score (nSPS) is 22.3. The van der Waals surface area contributed by atoms with Gasteiger partial charge in [-0.3, -0.25) is 19.6 Å². The third kappa shape index (κ3) is 7.14. The fraction of sp³-hybridized carbons (Fsp3) is 0.778. The average Bonchev–Trinajstić information content (AvgIpc) is 2.58. The second-order valence-electron chi connectivity index (χ2n) is 6.47. The molecule has 0 saturated carbocycles. The molecule has 23 heavy (non-hydrogen) atoms. The first-order valence-electron chi connectivity index (χ1n) is 9.01. The van der Waals surface area contributed by atoms with Gasteiger partial charge >= 0.3 is 0 Å². The van der Waals surface area contributed by atoms with Crippen LogP contribution in [0.4, 0.5) is 0 Å². The third-order valence-electron chi connectivity index (χ3n) is 4.81. The number of nitrogens with zero attached hydrogens (tertiary/aromatic N) is 4. The minimum atomic E-state index is 0.859. The third-order valence-corrected chi connectivity index (χ3v) is 4.81. The van der Waals surface area contributed by atoms with E-state index < -0.39 is 0 Å². The molecule has 0 aliphatic carbocycles. The molecule has 2 saturated heterocycles. The molecule has 0 aromatic rings. The second kappa shape index (κ2) is 10.9. The molecule has 0 atom stereocenters. The molecule has 0 radical (unpaired) electrons. The zero-order valence-corrected chi connectivity index (χ0v) is 14.7. The maximum Gasteiger partial charge on any atom is 0.0594 e. The van der Waals surface area contributed by atoms with Crippen molar-refractivity contribution in [3.8, 4) is 0 Å². The Balaban J connectivity index is 1.44. The summed E-state index contributed by atoms with van der Waals surface area (Å²) in [5, 5.41) is 0. The predicted octanol–water partition coefficient (Wildman–Crippen LogP) is 0.610. The zero-order valence-electron chi connectivity index (χ0n) is 14.7. The van der Waals surface area contributed by atoms with Crippen LogP contribution in [0.5, 0.6) is 0 Å². The van der Waals surface area contributed by atoms with Crippen LogP contribution in [-0.4, -0.2) is 111 Å². The summed E-state index contributed by atoms with van der Waals surface area (Å²) in [6.45, 7) is 22.7. The van der Waals surface area contributed by atoms with Crippen molar-refractivity contribution in [3.05, 3.63) is 25.3 Å². The van der Waals surface area contributed by atoms with Crippen molar-refractivity contribution in [3.63, 3.8) is 0 Å². The van der Waals surface area contributed by atoms with E-state index in [-0.39, 0.29) is 0 Å². The molecule has 132 valence electrons. The Kier molecular flexibility index (Phi) is 8.86. The first kappa shape index (κ1) is 18.6. The first-order valence-corrected chi connectivity index (χ1v) is 9.01. The molecule has 0 N–H and O–H groups in total. The van der Waals surface area contributed by atoms with E-state index in [1.54, 1.807) is 0 Å². The van der Waals surface area contributed by atoms with Crippen LogP contribution in [0.1, 0.15) is 0 Å². The number of piperazine rings is 2. The molecule has 0 unspecified atom stereocenters. The van der Waals surface area contributed by atoms with Crippen molar-refractivity contribution in [1.29, 1.82) is 0 Å². The summed E-state index contributed by atoms with van der Waals surface area (Å²) in [5.41, 5.74) is 0.